The number of piperidine rings is 1. The van der Waals surface area contributed by atoms with Crippen molar-refractivity contribution >= 4 is 22.8 Å². The van der Waals surface area contributed by atoms with Crippen molar-refractivity contribution < 1.29 is 18.4 Å². The average molecular weight is 501 g/mol. The minimum atomic E-state index is -2.54. The zero-order chi connectivity index (χ0) is 25.7. The molecule has 1 saturated heterocycles. The Hall–Kier alpha value is -2.51. The van der Waals surface area contributed by atoms with Gasteiger partial charge in [-0.1, -0.05) is 20.8 Å². The van der Waals surface area contributed by atoms with Gasteiger partial charge in [0.2, 0.25) is 11.8 Å². The topological polar surface area (TPSA) is 67.2 Å². The van der Waals surface area contributed by atoms with Gasteiger partial charge in [-0.05, 0) is 62.6 Å². The van der Waals surface area contributed by atoms with Crippen LogP contribution < -0.4 is 5.32 Å². The fraction of sp³-hybridized carbons (Fsp3) is 0.679. The van der Waals surface area contributed by atoms with E-state index in [0.29, 0.717) is 44.1 Å². The predicted octanol–water partition coefficient (Wildman–Crippen LogP) is 5.29. The van der Waals surface area contributed by atoms with Gasteiger partial charge in [0.15, 0.2) is 0 Å². The van der Waals surface area contributed by atoms with Crippen molar-refractivity contribution in [3.8, 4) is 0 Å². The lowest BCUT2D eigenvalue weighted by molar-refractivity contribution is -0.126. The van der Waals surface area contributed by atoms with Crippen molar-refractivity contribution in [1.29, 1.82) is 0 Å². The van der Waals surface area contributed by atoms with Crippen LogP contribution in [0.3, 0.4) is 0 Å². The third kappa shape index (κ3) is 5.42. The molecule has 2 heterocycles. The van der Waals surface area contributed by atoms with Gasteiger partial charge in [0.25, 0.3) is 5.91 Å². The van der Waals surface area contributed by atoms with E-state index in [1.54, 1.807) is 4.90 Å². The summed E-state index contributed by atoms with van der Waals surface area (Å²) >= 11 is 0. The Morgan fingerprint density at radius 3 is 2.50 bits per heavy atom. The number of halogens is 2. The highest BCUT2D eigenvalue weighted by Gasteiger charge is 2.36. The number of nitrogens with zero attached hydrogens (tertiary/aromatic N) is 3. The molecule has 3 aliphatic rings. The molecular weight excluding hydrogens is 462 g/mol. The molecule has 1 aliphatic heterocycles. The zero-order valence-corrected chi connectivity index (χ0v) is 21.7. The number of fused-ring (bicyclic) bond motifs is 1. The molecular formula is C28H38F2N4O2. The number of hydrogen-bond acceptors (Lipinski definition) is 3. The van der Waals surface area contributed by atoms with Crippen LogP contribution in [0, 0.1) is 11.8 Å². The summed E-state index contributed by atoms with van der Waals surface area (Å²) in [7, 11) is 0. The van der Waals surface area contributed by atoms with E-state index in [1.807, 2.05) is 18.2 Å². The Bertz CT molecular complexity index is 1140. The van der Waals surface area contributed by atoms with Crippen molar-refractivity contribution in [2.45, 2.75) is 96.1 Å². The first-order valence-corrected chi connectivity index (χ1v) is 13.5. The lowest BCUT2D eigenvalue weighted by Gasteiger charge is -2.32. The summed E-state index contributed by atoms with van der Waals surface area (Å²) in [6, 6.07) is 5.97. The molecule has 1 aromatic carbocycles. The average Bonchev–Trinajstić information content (AvgIpc) is 3.57. The molecule has 1 unspecified atom stereocenters. The fourth-order valence-electron chi connectivity index (χ4n) is 5.67. The maximum absolute atomic E-state index is 13.7. The molecule has 2 saturated carbocycles. The summed E-state index contributed by atoms with van der Waals surface area (Å²) in [6.07, 6.45) is 4.66. The Balaban J connectivity index is 1.36. The molecule has 1 atom stereocenters. The number of benzene rings is 1. The number of carbonyl (C=O) groups is 2. The smallest absolute Gasteiger partial charge is 0.253 e. The molecule has 0 spiro atoms. The first-order valence-electron chi connectivity index (χ1n) is 13.5. The third-order valence-electron chi connectivity index (χ3n) is 7.95. The quantitative estimate of drug-likeness (QED) is 0.607. The number of hydrogen-bond donors (Lipinski definition) is 1. The van der Waals surface area contributed by atoms with E-state index in [2.05, 4.69) is 30.7 Å². The van der Waals surface area contributed by atoms with Crippen LogP contribution in [0.2, 0.25) is 0 Å². The summed E-state index contributed by atoms with van der Waals surface area (Å²) in [4.78, 5) is 32.7. The number of amides is 2. The Morgan fingerprint density at radius 2 is 1.83 bits per heavy atom. The summed E-state index contributed by atoms with van der Waals surface area (Å²) in [6.45, 7) is 8.07. The molecule has 2 amide bonds. The number of alkyl halides is 2. The molecule has 0 radical (unpaired) electrons. The van der Waals surface area contributed by atoms with E-state index in [-0.39, 0.29) is 41.9 Å². The predicted molar refractivity (Wildman–Crippen MR) is 135 cm³/mol. The molecule has 3 fully saturated rings. The summed E-state index contributed by atoms with van der Waals surface area (Å²) in [5, 5.41) is 3.08. The maximum Gasteiger partial charge on any atom is 0.253 e. The van der Waals surface area contributed by atoms with E-state index in [4.69, 9.17) is 4.98 Å². The molecule has 5 rings (SSSR count). The number of nitrogens with one attached hydrogen (secondary N) is 1. The van der Waals surface area contributed by atoms with Crippen LogP contribution in [0.1, 0.15) is 88.3 Å². The third-order valence-corrected chi connectivity index (χ3v) is 7.95. The number of rotatable bonds is 5. The van der Waals surface area contributed by atoms with Crippen LogP contribution in [-0.2, 0) is 16.8 Å². The molecule has 8 heteroatoms. The number of imidazole rings is 1. The second-order valence-corrected chi connectivity index (χ2v) is 12.2. The van der Waals surface area contributed by atoms with Gasteiger partial charge in [-0.3, -0.25) is 9.59 Å². The Labute approximate surface area is 211 Å². The van der Waals surface area contributed by atoms with E-state index in [1.165, 1.54) is 0 Å². The van der Waals surface area contributed by atoms with E-state index in [0.717, 1.165) is 42.5 Å². The second kappa shape index (κ2) is 9.42. The van der Waals surface area contributed by atoms with E-state index < -0.39 is 5.92 Å². The van der Waals surface area contributed by atoms with Gasteiger partial charge < -0.3 is 14.8 Å². The van der Waals surface area contributed by atoms with Crippen LogP contribution in [0.15, 0.2) is 18.2 Å². The highest BCUT2D eigenvalue weighted by molar-refractivity contribution is 5.98. The Kier molecular flexibility index (Phi) is 6.58. The van der Waals surface area contributed by atoms with Crippen LogP contribution in [0.25, 0.3) is 11.0 Å². The van der Waals surface area contributed by atoms with Gasteiger partial charge in [-0.25, -0.2) is 13.8 Å². The van der Waals surface area contributed by atoms with Crippen LogP contribution in [0.4, 0.5) is 8.78 Å². The van der Waals surface area contributed by atoms with E-state index in [9.17, 15) is 18.4 Å². The van der Waals surface area contributed by atoms with Crippen molar-refractivity contribution in [1.82, 2.24) is 19.8 Å². The van der Waals surface area contributed by atoms with E-state index >= 15 is 0 Å². The number of carbonyl (C=O) groups excluding carboxylic acids is 2. The molecule has 6 nitrogen and oxygen atoms in total. The minimum Gasteiger partial charge on any atom is -0.353 e. The standard InChI is InChI=1S/C28H38F2N4O2/c1-27(2,3)26-32-22-15-19(6-9-23(22)34(26)16-18-10-12-28(29,30)13-11-18)25(36)33-14-4-5-20(17-33)24(35)31-21-7-8-21/h6,9,15,18,20-21H,4-5,7-8,10-14,16-17H2,1-3H3,(H,31,35). The highest BCUT2D eigenvalue weighted by Crippen LogP contribution is 2.38. The lowest BCUT2D eigenvalue weighted by atomic mass is 9.86. The Morgan fingerprint density at radius 1 is 1.11 bits per heavy atom. The van der Waals surface area contributed by atoms with Gasteiger partial charge in [-0.2, -0.15) is 0 Å². The normalized spacial score (nSPS) is 23.1. The first kappa shape index (κ1) is 25.2. The van der Waals surface area contributed by atoms with Gasteiger partial charge in [0.1, 0.15) is 5.82 Å². The molecule has 196 valence electrons. The fourth-order valence-corrected chi connectivity index (χ4v) is 5.67. The molecule has 2 aliphatic carbocycles. The summed E-state index contributed by atoms with van der Waals surface area (Å²) < 4.78 is 29.6. The van der Waals surface area contributed by atoms with Gasteiger partial charge >= 0.3 is 0 Å². The second-order valence-electron chi connectivity index (χ2n) is 12.2. The summed E-state index contributed by atoms with van der Waals surface area (Å²) in [5.74, 6) is -1.59. The van der Waals surface area contributed by atoms with Crippen molar-refractivity contribution in [3.05, 3.63) is 29.6 Å². The van der Waals surface area contributed by atoms with Gasteiger partial charge in [-0.15, -0.1) is 0 Å². The van der Waals surface area contributed by atoms with Crippen LogP contribution in [-0.4, -0.2) is 51.3 Å². The molecule has 1 aromatic heterocycles. The summed E-state index contributed by atoms with van der Waals surface area (Å²) in [5.41, 5.74) is 2.05. The molecule has 2 aromatic rings. The lowest BCUT2D eigenvalue weighted by Crippen LogP contribution is -2.45. The zero-order valence-electron chi connectivity index (χ0n) is 21.7. The highest BCUT2D eigenvalue weighted by atomic mass is 19.3. The molecule has 36 heavy (non-hydrogen) atoms. The maximum atomic E-state index is 13.7. The molecule has 1 N–H and O–H groups in total. The van der Waals surface area contributed by atoms with Crippen molar-refractivity contribution in [2.24, 2.45) is 11.8 Å². The number of likely N-dealkylation sites (tertiary alicyclic amines) is 1. The number of aromatic nitrogens is 2. The largest absolute Gasteiger partial charge is 0.353 e. The SMILES string of the molecule is CC(C)(C)c1nc2cc(C(=O)N3CCCC(C(=O)NC4CC4)C3)ccc2n1CC1CCC(F)(F)CC1. The van der Waals surface area contributed by atoms with Crippen LogP contribution >= 0.6 is 0 Å². The van der Waals surface area contributed by atoms with Crippen LogP contribution in [0.5, 0.6) is 0 Å². The van der Waals surface area contributed by atoms with Gasteiger partial charge in [0.05, 0.1) is 17.0 Å². The monoisotopic (exact) mass is 500 g/mol. The van der Waals surface area contributed by atoms with Gasteiger partial charge in [0, 0.05) is 49.5 Å². The first-order chi connectivity index (χ1) is 17.0. The molecule has 0 bridgehead atoms. The van der Waals surface area contributed by atoms with Crippen molar-refractivity contribution in [2.75, 3.05) is 13.1 Å². The van der Waals surface area contributed by atoms with Crippen molar-refractivity contribution in [3.63, 3.8) is 0 Å². The minimum absolute atomic E-state index is 0.0523.